The number of ether oxygens (including phenoxy) is 1. The third kappa shape index (κ3) is 2.16. The van der Waals surface area contributed by atoms with Gasteiger partial charge in [-0.05, 0) is 30.9 Å². The lowest BCUT2D eigenvalue weighted by Gasteiger charge is -2.25. The minimum absolute atomic E-state index is 0.710. The standard InChI is InChI=1S/C11H13ClO/c12-10-6-1-2-7-11(10)13-8-9-4-3-5-9/h1-2,6-7,9H,3-5,8H2. The topological polar surface area (TPSA) is 9.23 Å². The van der Waals surface area contributed by atoms with Gasteiger partial charge in [0.2, 0.25) is 0 Å². The van der Waals surface area contributed by atoms with E-state index in [2.05, 4.69) is 0 Å². The smallest absolute Gasteiger partial charge is 0.137 e. The van der Waals surface area contributed by atoms with Gasteiger partial charge in [0.15, 0.2) is 0 Å². The quantitative estimate of drug-likeness (QED) is 0.719. The van der Waals surface area contributed by atoms with Crippen LogP contribution in [0.1, 0.15) is 19.3 Å². The van der Waals surface area contributed by atoms with E-state index in [1.54, 1.807) is 0 Å². The molecule has 2 rings (SSSR count). The van der Waals surface area contributed by atoms with Crippen molar-refractivity contribution in [3.63, 3.8) is 0 Å². The van der Waals surface area contributed by atoms with Crippen molar-refractivity contribution in [3.8, 4) is 5.75 Å². The van der Waals surface area contributed by atoms with Crippen LogP contribution in [0.5, 0.6) is 5.75 Å². The molecule has 0 aromatic heterocycles. The Labute approximate surface area is 83.7 Å². The van der Waals surface area contributed by atoms with Gasteiger partial charge in [0.1, 0.15) is 5.75 Å². The van der Waals surface area contributed by atoms with Crippen molar-refractivity contribution < 1.29 is 4.74 Å². The highest BCUT2D eigenvalue weighted by molar-refractivity contribution is 6.32. The number of hydrogen-bond donors (Lipinski definition) is 0. The second-order valence-electron chi connectivity index (χ2n) is 3.54. The molecule has 13 heavy (non-hydrogen) atoms. The van der Waals surface area contributed by atoms with Gasteiger partial charge in [-0.3, -0.25) is 0 Å². The Bertz CT molecular complexity index is 281. The highest BCUT2D eigenvalue weighted by Crippen LogP contribution is 2.29. The lowest BCUT2D eigenvalue weighted by molar-refractivity contribution is 0.181. The first kappa shape index (κ1) is 8.89. The maximum Gasteiger partial charge on any atom is 0.137 e. The van der Waals surface area contributed by atoms with Gasteiger partial charge in [-0.15, -0.1) is 0 Å². The monoisotopic (exact) mass is 196 g/mol. The van der Waals surface area contributed by atoms with E-state index in [0.29, 0.717) is 5.02 Å². The van der Waals surface area contributed by atoms with Crippen LogP contribution >= 0.6 is 11.6 Å². The van der Waals surface area contributed by atoms with E-state index in [1.165, 1.54) is 19.3 Å². The summed E-state index contributed by atoms with van der Waals surface area (Å²) >= 11 is 5.94. The fourth-order valence-corrected chi connectivity index (χ4v) is 1.62. The number of benzene rings is 1. The van der Waals surface area contributed by atoms with Crippen molar-refractivity contribution in [1.82, 2.24) is 0 Å². The first-order valence-corrected chi connectivity index (χ1v) is 5.11. The third-order valence-electron chi connectivity index (χ3n) is 2.54. The largest absolute Gasteiger partial charge is 0.492 e. The second-order valence-corrected chi connectivity index (χ2v) is 3.95. The molecule has 1 aromatic rings. The van der Waals surface area contributed by atoms with Crippen LogP contribution in [-0.2, 0) is 0 Å². The Morgan fingerprint density at radius 1 is 1.31 bits per heavy atom. The molecular formula is C11H13ClO. The molecule has 1 aliphatic carbocycles. The van der Waals surface area contributed by atoms with Gasteiger partial charge in [0.25, 0.3) is 0 Å². The van der Waals surface area contributed by atoms with Crippen molar-refractivity contribution in [2.24, 2.45) is 5.92 Å². The fourth-order valence-electron chi connectivity index (χ4n) is 1.43. The van der Waals surface area contributed by atoms with Crippen LogP contribution in [0.3, 0.4) is 0 Å². The van der Waals surface area contributed by atoms with Crippen molar-refractivity contribution in [3.05, 3.63) is 29.3 Å². The Hall–Kier alpha value is -0.690. The van der Waals surface area contributed by atoms with E-state index in [9.17, 15) is 0 Å². The summed E-state index contributed by atoms with van der Waals surface area (Å²) in [5.41, 5.74) is 0. The van der Waals surface area contributed by atoms with E-state index in [0.717, 1.165) is 18.3 Å². The van der Waals surface area contributed by atoms with Gasteiger partial charge >= 0.3 is 0 Å². The molecule has 0 spiro atoms. The average molecular weight is 197 g/mol. The van der Waals surface area contributed by atoms with Crippen LogP contribution in [0.25, 0.3) is 0 Å². The predicted octanol–water partition coefficient (Wildman–Crippen LogP) is 3.52. The Kier molecular flexibility index (Phi) is 2.74. The van der Waals surface area contributed by atoms with E-state index in [4.69, 9.17) is 16.3 Å². The summed E-state index contributed by atoms with van der Waals surface area (Å²) in [6.45, 7) is 0.823. The molecule has 1 saturated carbocycles. The predicted molar refractivity (Wildman–Crippen MR) is 54.3 cm³/mol. The summed E-state index contributed by atoms with van der Waals surface area (Å²) in [4.78, 5) is 0. The highest BCUT2D eigenvalue weighted by Gasteiger charge is 2.18. The zero-order chi connectivity index (χ0) is 9.10. The molecular weight excluding hydrogens is 184 g/mol. The molecule has 1 fully saturated rings. The molecule has 2 heteroatoms. The van der Waals surface area contributed by atoms with Gasteiger partial charge in [-0.2, -0.15) is 0 Å². The van der Waals surface area contributed by atoms with Gasteiger partial charge in [-0.1, -0.05) is 30.2 Å². The molecule has 0 radical (unpaired) electrons. The van der Waals surface area contributed by atoms with E-state index < -0.39 is 0 Å². The fraction of sp³-hybridized carbons (Fsp3) is 0.455. The lowest BCUT2D eigenvalue weighted by atomic mass is 9.86. The molecule has 0 saturated heterocycles. The molecule has 0 N–H and O–H groups in total. The molecule has 1 aromatic carbocycles. The van der Waals surface area contributed by atoms with Crippen LogP contribution in [0.2, 0.25) is 5.02 Å². The summed E-state index contributed by atoms with van der Waals surface area (Å²) in [6.07, 6.45) is 3.98. The van der Waals surface area contributed by atoms with Gasteiger partial charge < -0.3 is 4.74 Å². The van der Waals surface area contributed by atoms with Gasteiger partial charge in [-0.25, -0.2) is 0 Å². The molecule has 0 amide bonds. The highest BCUT2D eigenvalue weighted by atomic mass is 35.5. The molecule has 0 aliphatic heterocycles. The van der Waals surface area contributed by atoms with Crippen LogP contribution in [0, 0.1) is 5.92 Å². The third-order valence-corrected chi connectivity index (χ3v) is 2.85. The number of para-hydroxylation sites is 1. The van der Waals surface area contributed by atoms with Crippen LogP contribution in [-0.4, -0.2) is 6.61 Å². The molecule has 0 unspecified atom stereocenters. The lowest BCUT2D eigenvalue weighted by Crippen LogP contribution is -2.19. The average Bonchev–Trinajstić information content (AvgIpc) is 2.05. The molecule has 0 bridgehead atoms. The molecule has 0 heterocycles. The van der Waals surface area contributed by atoms with Crippen molar-refractivity contribution in [2.75, 3.05) is 6.61 Å². The zero-order valence-electron chi connectivity index (χ0n) is 7.50. The summed E-state index contributed by atoms with van der Waals surface area (Å²) in [7, 11) is 0. The van der Waals surface area contributed by atoms with Crippen molar-refractivity contribution >= 4 is 11.6 Å². The van der Waals surface area contributed by atoms with E-state index in [1.807, 2.05) is 24.3 Å². The van der Waals surface area contributed by atoms with Crippen LogP contribution < -0.4 is 4.74 Å². The van der Waals surface area contributed by atoms with Crippen molar-refractivity contribution in [1.29, 1.82) is 0 Å². The first-order chi connectivity index (χ1) is 6.36. The minimum atomic E-state index is 0.710. The summed E-state index contributed by atoms with van der Waals surface area (Å²) in [5, 5.41) is 0.710. The Morgan fingerprint density at radius 3 is 2.69 bits per heavy atom. The molecule has 70 valence electrons. The summed E-state index contributed by atoms with van der Waals surface area (Å²) in [5.74, 6) is 1.58. The molecule has 1 nitrogen and oxygen atoms in total. The minimum Gasteiger partial charge on any atom is -0.492 e. The molecule has 1 aliphatic rings. The van der Waals surface area contributed by atoms with Crippen LogP contribution in [0.4, 0.5) is 0 Å². The van der Waals surface area contributed by atoms with Gasteiger partial charge in [0.05, 0.1) is 11.6 Å². The zero-order valence-corrected chi connectivity index (χ0v) is 8.26. The summed E-state index contributed by atoms with van der Waals surface area (Å²) in [6, 6.07) is 7.64. The second kappa shape index (κ2) is 4.01. The van der Waals surface area contributed by atoms with Crippen LogP contribution in [0.15, 0.2) is 24.3 Å². The number of hydrogen-bond acceptors (Lipinski definition) is 1. The van der Waals surface area contributed by atoms with E-state index >= 15 is 0 Å². The maximum atomic E-state index is 5.94. The summed E-state index contributed by atoms with van der Waals surface area (Å²) < 4.78 is 5.61. The maximum absolute atomic E-state index is 5.94. The first-order valence-electron chi connectivity index (χ1n) is 4.73. The van der Waals surface area contributed by atoms with Crippen molar-refractivity contribution in [2.45, 2.75) is 19.3 Å². The number of rotatable bonds is 3. The van der Waals surface area contributed by atoms with E-state index in [-0.39, 0.29) is 0 Å². The SMILES string of the molecule is Clc1ccccc1OCC1CCC1. The number of halogens is 1. The van der Waals surface area contributed by atoms with Gasteiger partial charge in [0, 0.05) is 0 Å². The normalized spacial score (nSPS) is 16.7. The Morgan fingerprint density at radius 2 is 2.08 bits per heavy atom. The molecule has 0 atom stereocenters. The Balaban J connectivity index is 1.89.